The van der Waals surface area contributed by atoms with E-state index in [0.717, 1.165) is 17.1 Å². The summed E-state index contributed by atoms with van der Waals surface area (Å²) in [5.41, 5.74) is 2.50. The number of hydrogen-bond acceptors (Lipinski definition) is 5. The lowest BCUT2D eigenvalue weighted by molar-refractivity contribution is 0.0651. The van der Waals surface area contributed by atoms with Crippen molar-refractivity contribution < 1.29 is 19.8 Å². The van der Waals surface area contributed by atoms with Gasteiger partial charge in [-0.1, -0.05) is 30.3 Å². The molecular formula is C22H21N3O4. The van der Waals surface area contributed by atoms with E-state index in [-0.39, 0.29) is 11.1 Å². The number of hydrogen-bond donors (Lipinski definition) is 2. The molecule has 0 spiro atoms. The Kier molecular flexibility index (Phi) is 7.61. The van der Waals surface area contributed by atoms with Crippen molar-refractivity contribution in [2.45, 2.75) is 0 Å². The Bertz CT molecular complexity index is 951. The maximum atomic E-state index is 10.5. The zero-order valence-corrected chi connectivity index (χ0v) is 16.1. The number of benzene rings is 3. The van der Waals surface area contributed by atoms with Gasteiger partial charge in [-0.05, 0) is 48.5 Å². The van der Waals surface area contributed by atoms with Crippen LogP contribution >= 0.6 is 0 Å². The molecule has 3 rings (SSSR count). The highest BCUT2D eigenvalue weighted by molar-refractivity contribution is 6.01. The van der Waals surface area contributed by atoms with E-state index >= 15 is 0 Å². The van der Waals surface area contributed by atoms with Crippen LogP contribution in [0.25, 0.3) is 0 Å². The summed E-state index contributed by atoms with van der Waals surface area (Å²) in [7, 11) is 4.03. The van der Waals surface area contributed by atoms with Crippen LogP contribution in [0.4, 0.5) is 17.1 Å². The van der Waals surface area contributed by atoms with Crippen molar-refractivity contribution in [2.24, 2.45) is 10.2 Å². The molecule has 0 bridgehead atoms. The van der Waals surface area contributed by atoms with Gasteiger partial charge in [-0.3, -0.25) is 0 Å². The van der Waals surface area contributed by atoms with Gasteiger partial charge in [0.1, 0.15) is 0 Å². The molecule has 0 atom stereocenters. The summed E-state index contributed by atoms with van der Waals surface area (Å²) in [6, 6.07) is 23.2. The van der Waals surface area contributed by atoms with Gasteiger partial charge in [0.25, 0.3) is 0 Å². The van der Waals surface area contributed by atoms with Gasteiger partial charge in [0.2, 0.25) is 0 Å². The topological polar surface area (TPSA) is 103 Å². The Morgan fingerprint density at radius 2 is 1.07 bits per heavy atom. The van der Waals surface area contributed by atoms with Crippen molar-refractivity contribution in [1.29, 1.82) is 0 Å². The fourth-order valence-electron chi connectivity index (χ4n) is 2.28. The lowest BCUT2D eigenvalue weighted by Gasteiger charge is -2.11. The predicted molar refractivity (Wildman–Crippen MR) is 112 cm³/mol. The minimum absolute atomic E-state index is 0.190. The van der Waals surface area contributed by atoms with Crippen molar-refractivity contribution in [3.05, 3.63) is 90.0 Å². The van der Waals surface area contributed by atoms with Gasteiger partial charge in [-0.25, -0.2) is 9.59 Å². The zero-order valence-electron chi connectivity index (χ0n) is 16.1. The quantitative estimate of drug-likeness (QED) is 0.578. The molecule has 29 heavy (non-hydrogen) atoms. The van der Waals surface area contributed by atoms with Crippen molar-refractivity contribution in [1.82, 2.24) is 0 Å². The van der Waals surface area contributed by atoms with Crippen LogP contribution in [0.5, 0.6) is 0 Å². The minimum Gasteiger partial charge on any atom is -0.478 e. The Hall–Kier alpha value is -4.00. The molecule has 0 aliphatic heterocycles. The van der Waals surface area contributed by atoms with Crippen molar-refractivity contribution >= 4 is 29.0 Å². The summed E-state index contributed by atoms with van der Waals surface area (Å²) < 4.78 is 0. The molecule has 3 aromatic carbocycles. The second-order valence-electron chi connectivity index (χ2n) is 6.10. The molecule has 0 amide bonds. The van der Waals surface area contributed by atoms with Crippen LogP contribution in [0.2, 0.25) is 0 Å². The largest absolute Gasteiger partial charge is 0.478 e. The molecule has 0 saturated heterocycles. The second kappa shape index (κ2) is 10.4. The van der Waals surface area contributed by atoms with Crippen LogP contribution in [-0.2, 0) is 0 Å². The van der Waals surface area contributed by atoms with E-state index in [0.29, 0.717) is 0 Å². The van der Waals surface area contributed by atoms with Gasteiger partial charge in [0.05, 0.1) is 22.5 Å². The first-order valence-electron chi connectivity index (χ1n) is 8.68. The molecule has 0 aliphatic rings. The number of aromatic carboxylic acids is 2. The monoisotopic (exact) mass is 391 g/mol. The molecule has 0 radical (unpaired) electrons. The predicted octanol–water partition coefficient (Wildman–Crippen LogP) is 5.25. The van der Waals surface area contributed by atoms with E-state index in [2.05, 4.69) is 15.1 Å². The van der Waals surface area contributed by atoms with Gasteiger partial charge >= 0.3 is 11.9 Å². The highest BCUT2D eigenvalue weighted by Crippen LogP contribution is 2.20. The van der Waals surface area contributed by atoms with Crippen LogP contribution in [-0.4, -0.2) is 36.2 Å². The third kappa shape index (κ3) is 6.59. The standard InChI is InChI=1S/C14H15N3.C8H6O4/c1-17(2)14-10-8-13(9-11-14)16-15-12-6-4-3-5-7-12;9-7(10)5-3-1-2-4-6(5)8(11)12/h3-11H,1-2H3;1-4H,(H,9,10)(H,11,12). The first-order chi connectivity index (χ1) is 13.9. The van der Waals surface area contributed by atoms with E-state index in [9.17, 15) is 9.59 Å². The molecule has 0 aliphatic carbocycles. The van der Waals surface area contributed by atoms with Gasteiger partial charge < -0.3 is 15.1 Å². The fraction of sp³-hybridized carbons (Fsp3) is 0.0909. The summed E-state index contributed by atoms with van der Waals surface area (Å²) in [6.45, 7) is 0. The van der Waals surface area contributed by atoms with Gasteiger partial charge in [-0.15, -0.1) is 0 Å². The number of rotatable bonds is 5. The van der Waals surface area contributed by atoms with E-state index in [1.54, 1.807) is 0 Å². The van der Waals surface area contributed by atoms with Crippen LogP contribution in [0.15, 0.2) is 89.1 Å². The molecule has 7 nitrogen and oxygen atoms in total. The van der Waals surface area contributed by atoms with Crippen LogP contribution in [0.3, 0.4) is 0 Å². The zero-order chi connectivity index (χ0) is 21.2. The van der Waals surface area contributed by atoms with Crippen LogP contribution in [0, 0.1) is 0 Å². The van der Waals surface area contributed by atoms with E-state index < -0.39 is 11.9 Å². The van der Waals surface area contributed by atoms with E-state index in [1.807, 2.05) is 68.7 Å². The average Bonchev–Trinajstić information content (AvgIpc) is 2.73. The summed E-state index contributed by atoms with van der Waals surface area (Å²) in [5, 5.41) is 25.4. The van der Waals surface area contributed by atoms with Crippen LogP contribution < -0.4 is 4.90 Å². The Balaban J connectivity index is 0.000000221. The number of carboxylic acids is 2. The molecule has 0 aromatic heterocycles. The molecule has 7 heteroatoms. The summed E-state index contributed by atoms with van der Waals surface area (Å²) in [4.78, 5) is 23.0. The van der Waals surface area contributed by atoms with E-state index in [4.69, 9.17) is 10.2 Å². The maximum absolute atomic E-state index is 10.5. The second-order valence-corrected chi connectivity index (χ2v) is 6.10. The Morgan fingerprint density at radius 1 is 0.655 bits per heavy atom. The first kappa shape index (κ1) is 21.3. The Labute approximate surface area is 168 Å². The lowest BCUT2D eigenvalue weighted by atomic mass is 10.1. The number of nitrogens with zero attached hydrogens (tertiary/aromatic N) is 3. The number of carbonyl (C=O) groups is 2. The molecule has 3 aromatic rings. The van der Waals surface area contributed by atoms with Gasteiger partial charge in [0.15, 0.2) is 0 Å². The Morgan fingerprint density at radius 3 is 1.48 bits per heavy atom. The molecular weight excluding hydrogens is 370 g/mol. The molecule has 0 saturated carbocycles. The van der Waals surface area contributed by atoms with Gasteiger partial charge in [0, 0.05) is 19.8 Å². The summed E-state index contributed by atoms with van der Waals surface area (Å²) in [5.74, 6) is -2.46. The van der Waals surface area contributed by atoms with Crippen molar-refractivity contribution in [3.8, 4) is 0 Å². The minimum atomic E-state index is -1.23. The molecule has 2 N–H and O–H groups in total. The third-order valence-corrected chi connectivity index (χ3v) is 3.79. The van der Waals surface area contributed by atoms with Gasteiger partial charge in [-0.2, -0.15) is 10.2 Å². The smallest absolute Gasteiger partial charge is 0.336 e. The van der Waals surface area contributed by atoms with Crippen molar-refractivity contribution in [3.63, 3.8) is 0 Å². The maximum Gasteiger partial charge on any atom is 0.336 e. The number of anilines is 1. The SMILES string of the molecule is CN(C)c1ccc(N=Nc2ccccc2)cc1.O=C(O)c1ccccc1C(=O)O. The third-order valence-electron chi connectivity index (χ3n) is 3.79. The molecule has 0 unspecified atom stereocenters. The van der Waals surface area contributed by atoms with Crippen LogP contribution in [0.1, 0.15) is 20.7 Å². The molecule has 148 valence electrons. The number of azo groups is 1. The molecule has 0 fully saturated rings. The summed E-state index contributed by atoms with van der Waals surface area (Å²) >= 11 is 0. The first-order valence-corrected chi connectivity index (χ1v) is 8.68. The normalized spacial score (nSPS) is 10.1. The molecule has 0 heterocycles. The fourth-order valence-corrected chi connectivity index (χ4v) is 2.28. The number of carboxylic acid groups (broad SMARTS) is 2. The average molecular weight is 391 g/mol. The summed E-state index contributed by atoms with van der Waals surface area (Å²) in [6.07, 6.45) is 0. The van der Waals surface area contributed by atoms with E-state index in [1.165, 1.54) is 24.3 Å². The lowest BCUT2D eigenvalue weighted by Crippen LogP contribution is -2.07. The van der Waals surface area contributed by atoms with Crippen molar-refractivity contribution in [2.75, 3.05) is 19.0 Å². The highest BCUT2D eigenvalue weighted by Gasteiger charge is 2.13. The highest BCUT2D eigenvalue weighted by atomic mass is 16.4.